The second-order valence-corrected chi connectivity index (χ2v) is 5.11. The minimum Gasteiger partial charge on any atom is -0.503 e. The lowest BCUT2D eigenvalue weighted by Crippen LogP contribution is -2.02. The van der Waals surface area contributed by atoms with Gasteiger partial charge in [-0.05, 0) is 19.1 Å². The van der Waals surface area contributed by atoms with Crippen molar-refractivity contribution in [3.63, 3.8) is 0 Å². The van der Waals surface area contributed by atoms with Crippen molar-refractivity contribution in [3.05, 3.63) is 42.6 Å². The Balaban J connectivity index is 1.90. The monoisotopic (exact) mass is 326 g/mol. The summed E-state index contributed by atoms with van der Waals surface area (Å²) in [6.45, 7) is 1.93. The van der Waals surface area contributed by atoms with Crippen LogP contribution in [0.2, 0.25) is 0 Å². The second-order valence-electron chi connectivity index (χ2n) is 5.11. The molecule has 3 aromatic rings. The standard InChI is InChI=1S/C16H18N6O2/c1-10-8-22(9-19-10)12-5-4-11(6-14(12)24-3)20-16-18-7-13(23)15(17-2)21-16/h4-9,23H,1-3H3,(H2,17,18,20,21). The lowest BCUT2D eigenvalue weighted by Gasteiger charge is -2.12. The second kappa shape index (κ2) is 6.45. The molecule has 2 heterocycles. The van der Waals surface area contributed by atoms with E-state index in [1.807, 2.05) is 35.9 Å². The number of anilines is 3. The zero-order chi connectivity index (χ0) is 17.1. The number of imidazole rings is 1. The van der Waals surface area contributed by atoms with Crippen LogP contribution in [0.5, 0.6) is 11.5 Å². The van der Waals surface area contributed by atoms with Crippen molar-refractivity contribution in [2.45, 2.75) is 6.92 Å². The average Bonchev–Trinajstić information content (AvgIpc) is 3.02. The van der Waals surface area contributed by atoms with E-state index in [0.29, 0.717) is 17.5 Å². The molecule has 2 aromatic heterocycles. The number of rotatable bonds is 5. The van der Waals surface area contributed by atoms with Crippen molar-refractivity contribution >= 4 is 17.5 Å². The Bertz CT molecular complexity index is 862. The Morgan fingerprint density at radius 1 is 1.25 bits per heavy atom. The van der Waals surface area contributed by atoms with Crippen molar-refractivity contribution in [1.82, 2.24) is 19.5 Å². The minimum atomic E-state index is -0.00791. The first-order valence-corrected chi connectivity index (χ1v) is 7.30. The van der Waals surface area contributed by atoms with Gasteiger partial charge in [0.25, 0.3) is 0 Å². The highest BCUT2D eigenvalue weighted by atomic mass is 16.5. The largest absolute Gasteiger partial charge is 0.503 e. The van der Waals surface area contributed by atoms with Crippen molar-refractivity contribution in [3.8, 4) is 17.2 Å². The van der Waals surface area contributed by atoms with E-state index < -0.39 is 0 Å². The van der Waals surface area contributed by atoms with Crippen LogP contribution in [0, 0.1) is 6.92 Å². The number of aromatic hydroxyl groups is 1. The molecule has 1 aromatic carbocycles. The van der Waals surface area contributed by atoms with E-state index in [4.69, 9.17) is 4.74 Å². The highest BCUT2D eigenvalue weighted by Crippen LogP contribution is 2.28. The Kier molecular flexibility index (Phi) is 4.19. The third kappa shape index (κ3) is 3.07. The Morgan fingerprint density at radius 3 is 2.75 bits per heavy atom. The van der Waals surface area contributed by atoms with Crippen LogP contribution in [-0.4, -0.2) is 38.8 Å². The summed E-state index contributed by atoms with van der Waals surface area (Å²) >= 11 is 0. The van der Waals surface area contributed by atoms with E-state index >= 15 is 0 Å². The highest BCUT2D eigenvalue weighted by Gasteiger charge is 2.09. The number of aryl methyl sites for hydroxylation is 1. The molecule has 0 aliphatic rings. The quantitative estimate of drug-likeness (QED) is 0.662. The molecule has 0 unspecified atom stereocenters. The van der Waals surface area contributed by atoms with Gasteiger partial charge in [0.1, 0.15) is 5.75 Å². The Labute approximate surface area is 139 Å². The van der Waals surface area contributed by atoms with Crippen molar-refractivity contribution in [1.29, 1.82) is 0 Å². The molecule has 0 amide bonds. The third-order valence-electron chi connectivity index (χ3n) is 3.43. The van der Waals surface area contributed by atoms with E-state index in [-0.39, 0.29) is 5.75 Å². The molecule has 24 heavy (non-hydrogen) atoms. The number of methoxy groups -OCH3 is 1. The first-order chi connectivity index (χ1) is 11.6. The summed E-state index contributed by atoms with van der Waals surface area (Å²) in [7, 11) is 3.29. The van der Waals surface area contributed by atoms with Crippen LogP contribution in [0.15, 0.2) is 36.9 Å². The summed E-state index contributed by atoms with van der Waals surface area (Å²) in [6, 6.07) is 5.66. The van der Waals surface area contributed by atoms with Gasteiger partial charge < -0.3 is 25.0 Å². The number of nitrogens with one attached hydrogen (secondary N) is 2. The number of ether oxygens (including phenoxy) is 1. The summed E-state index contributed by atoms with van der Waals surface area (Å²) in [5.74, 6) is 1.40. The molecule has 3 N–H and O–H groups in total. The van der Waals surface area contributed by atoms with Crippen molar-refractivity contribution in [2.75, 3.05) is 24.8 Å². The van der Waals surface area contributed by atoms with Gasteiger partial charge in [-0.15, -0.1) is 0 Å². The molecule has 0 spiro atoms. The van der Waals surface area contributed by atoms with Crippen LogP contribution >= 0.6 is 0 Å². The highest BCUT2D eigenvalue weighted by molar-refractivity contribution is 5.63. The predicted octanol–water partition coefficient (Wildman–Crippen LogP) is 2.47. The van der Waals surface area contributed by atoms with Crippen LogP contribution in [-0.2, 0) is 0 Å². The SMILES string of the molecule is CNc1nc(Nc2ccc(-n3cnc(C)c3)c(OC)c2)ncc1O. The van der Waals surface area contributed by atoms with Crippen LogP contribution < -0.4 is 15.4 Å². The molecule has 0 atom stereocenters. The maximum atomic E-state index is 9.60. The van der Waals surface area contributed by atoms with Gasteiger partial charge in [0, 0.05) is 25.0 Å². The molecule has 0 fully saturated rings. The van der Waals surface area contributed by atoms with Gasteiger partial charge in [0.15, 0.2) is 11.6 Å². The molecular formula is C16H18N6O2. The molecule has 0 bridgehead atoms. The van der Waals surface area contributed by atoms with Gasteiger partial charge in [0.2, 0.25) is 5.95 Å². The normalized spacial score (nSPS) is 10.5. The first-order valence-electron chi connectivity index (χ1n) is 7.30. The Hall–Kier alpha value is -3.29. The van der Waals surface area contributed by atoms with Crippen LogP contribution in [0.3, 0.4) is 0 Å². The molecule has 0 radical (unpaired) electrons. The number of nitrogens with zero attached hydrogens (tertiary/aromatic N) is 4. The maximum absolute atomic E-state index is 9.60. The molecule has 124 valence electrons. The van der Waals surface area contributed by atoms with Crippen molar-refractivity contribution in [2.24, 2.45) is 0 Å². The lowest BCUT2D eigenvalue weighted by molar-refractivity contribution is 0.413. The number of benzene rings is 1. The fourth-order valence-electron chi connectivity index (χ4n) is 2.27. The Morgan fingerprint density at radius 2 is 2.08 bits per heavy atom. The van der Waals surface area contributed by atoms with E-state index in [1.165, 1.54) is 6.20 Å². The first kappa shape index (κ1) is 15.6. The smallest absolute Gasteiger partial charge is 0.229 e. The minimum absolute atomic E-state index is 0.00791. The summed E-state index contributed by atoms with van der Waals surface area (Å²) in [4.78, 5) is 12.5. The van der Waals surface area contributed by atoms with Crippen molar-refractivity contribution < 1.29 is 9.84 Å². The van der Waals surface area contributed by atoms with E-state index in [9.17, 15) is 5.11 Å². The molecule has 3 rings (SSSR count). The van der Waals surface area contributed by atoms with Gasteiger partial charge >= 0.3 is 0 Å². The van der Waals surface area contributed by atoms with E-state index in [2.05, 4.69) is 25.6 Å². The molecule has 0 aliphatic heterocycles. The summed E-state index contributed by atoms with van der Waals surface area (Å²) < 4.78 is 7.37. The molecule has 0 saturated carbocycles. The summed E-state index contributed by atoms with van der Waals surface area (Å²) in [5, 5.41) is 15.5. The van der Waals surface area contributed by atoms with Crippen LogP contribution in [0.25, 0.3) is 5.69 Å². The van der Waals surface area contributed by atoms with Gasteiger partial charge in [-0.2, -0.15) is 4.98 Å². The number of hydrogen-bond donors (Lipinski definition) is 3. The van der Waals surface area contributed by atoms with E-state index in [0.717, 1.165) is 17.1 Å². The average molecular weight is 326 g/mol. The molecule has 0 saturated heterocycles. The number of aromatic nitrogens is 4. The zero-order valence-corrected chi connectivity index (χ0v) is 13.6. The van der Waals surface area contributed by atoms with Crippen LogP contribution in [0.4, 0.5) is 17.5 Å². The fraction of sp³-hybridized carbons (Fsp3) is 0.188. The zero-order valence-electron chi connectivity index (χ0n) is 13.6. The maximum Gasteiger partial charge on any atom is 0.229 e. The van der Waals surface area contributed by atoms with Gasteiger partial charge in [-0.3, -0.25) is 0 Å². The molecule has 8 heteroatoms. The third-order valence-corrected chi connectivity index (χ3v) is 3.43. The van der Waals surface area contributed by atoms with Crippen LogP contribution in [0.1, 0.15) is 5.69 Å². The lowest BCUT2D eigenvalue weighted by atomic mass is 10.2. The summed E-state index contributed by atoms with van der Waals surface area (Å²) in [5.41, 5.74) is 2.57. The predicted molar refractivity (Wildman–Crippen MR) is 91.4 cm³/mol. The van der Waals surface area contributed by atoms with E-state index in [1.54, 1.807) is 20.5 Å². The molecular weight excluding hydrogens is 308 g/mol. The van der Waals surface area contributed by atoms with Gasteiger partial charge in [-0.25, -0.2) is 9.97 Å². The summed E-state index contributed by atoms with van der Waals surface area (Å²) in [6.07, 6.45) is 5.00. The van der Waals surface area contributed by atoms with Gasteiger partial charge in [0.05, 0.1) is 31.0 Å². The topological polar surface area (TPSA) is 97.1 Å². The fourth-order valence-corrected chi connectivity index (χ4v) is 2.27. The molecule has 8 nitrogen and oxygen atoms in total. The number of hydrogen-bond acceptors (Lipinski definition) is 7. The molecule has 0 aliphatic carbocycles. The van der Waals surface area contributed by atoms with Gasteiger partial charge in [-0.1, -0.05) is 0 Å².